The third-order valence-corrected chi connectivity index (χ3v) is 4.57. The standard InChI is InChI=1S/C19H18N6O3/c1-27-10-3-4-11(16-8-21-9-17(23-16)28-2)12(5-10)14-6-15-13(18(26)24-14)7-22-19(20)25-15/h3-5,7-9,14H,6H2,1-2H3,(H,24,26)(H2,20,22,25). The summed E-state index contributed by atoms with van der Waals surface area (Å²) in [5, 5.41) is 3.00. The van der Waals surface area contributed by atoms with Crippen molar-refractivity contribution in [2.75, 3.05) is 20.0 Å². The van der Waals surface area contributed by atoms with Crippen LogP contribution in [0, 0.1) is 0 Å². The van der Waals surface area contributed by atoms with Gasteiger partial charge in [-0.25, -0.2) is 15.0 Å². The second-order valence-electron chi connectivity index (χ2n) is 6.22. The number of nitrogen functional groups attached to an aromatic ring is 1. The van der Waals surface area contributed by atoms with Crippen molar-refractivity contribution in [1.29, 1.82) is 0 Å². The van der Waals surface area contributed by atoms with Crippen LogP contribution in [-0.2, 0) is 6.42 Å². The first-order chi connectivity index (χ1) is 13.6. The van der Waals surface area contributed by atoms with Crippen LogP contribution in [0.2, 0.25) is 0 Å². The number of aromatic nitrogens is 4. The quantitative estimate of drug-likeness (QED) is 0.701. The molecule has 3 heterocycles. The van der Waals surface area contributed by atoms with Gasteiger partial charge in [-0.3, -0.25) is 9.78 Å². The number of anilines is 1. The summed E-state index contributed by atoms with van der Waals surface area (Å²) in [5.41, 5.74) is 9.00. The number of hydrogen-bond donors (Lipinski definition) is 2. The van der Waals surface area contributed by atoms with Gasteiger partial charge in [0, 0.05) is 18.2 Å². The molecule has 1 aliphatic rings. The summed E-state index contributed by atoms with van der Waals surface area (Å²) >= 11 is 0. The van der Waals surface area contributed by atoms with Gasteiger partial charge in [0.05, 0.1) is 49.6 Å². The number of methoxy groups -OCH3 is 2. The monoisotopic (exact) mass is 378 g/mol. The summed E-state index contributed by atoms with van der Waals surface area (Å²) in [6.45, 7) is 0. The number of amides is 1. The molecule has 2 aromatic heterocycles. The van der Waals surface area contributed by atoms with E-state index in [0.717, 1.165) is 11.1 Å². The average Bonchev–Trinajstić information content (AvgIpc) is 2.73. The molecule has 1 amide bonds. The van der Waals surface area contributed by atoms with Crippen molar-refractivity contribution in [3.05, 3.63) is 53.6 Å². The number of nitrogens with one attached hydrogen (secondary N) is 1. The maximum absolute atomic E-state index is 12.6. The number of nitrogens with two attached hydrogens (primary N) is 1. The van der Waals surface area contributed by atoms with Crippen molar-refractivity contribution in [2.45, 2.75) is 12.5 Å². The molecule has 0 aliphatic carbocycles. The molecule has 1 unspecified atom stereocenters. The number of fused-ring (bicyclic) bond motifs is 1. The Balaban J connectivity index is 1.81. The van der Waals surface area contributed by atoms with Crippen molar-refractivity contribution in [3.63, 3.8) is 0 Å². The van der Waals surface area contributed by atoms with Crippen molar-refractivity contribution in [3.8, 4) is 22.9 Å². The van der Waals surface area contributed by atoms with Gasteiger partial charge in [0.1, 0.15) is 5.75 Å². The highest BCUT2D eigenvalue weighted by Gasteiger charge is 2.29. The molecule has 0 bridgehead atoms. The van der Waals surface area contributed by atoms with Gasteiger partial charge in [-0.05, 0) is 23.8 Å². The van der Waals surface area contributed by atoms with E-state index in [0.29, 0.717) is 35.0 Å². The summed E-state index contributed by atoms with van der Waals surface area (Å²) in [7, 11) is 3.12. The zero-order valence-corrected chi connectivity index (χ0v) is 15.3. The van der Waals surface area contributed by atoms with E-state index in [2.05, 4.69) is 25.3 Å². The number of nitrogens with zero attached hydrogens (tertiary/aromatic N) is 4. The van der Waals surface area contributed by atoms with Crippen LogP contribution in [0.5, 0.6) is 11.6 Å². The molecule has 9 nitrogen and oxygen atoms in total. The predicted molar refractivity (Wildman–Crippen MR) is 101 cm³/mol. The lowest BCUT2D eigenvalue weighted by Crippen LogP contribution is -2.36. The van der Waals surface area contributed by atoms with Crippen LogP contribution in [-0.4, -0.2) is 40.1 Å². The molecule has 0 saturated carbocycles. The van der Waals surface area contributed by atoms with Gasteiger partial charge in [-0.15, -0.1) is 0 Å². The van der Waals surface area contributed by atoms with Gasteiger partial charge in [0.25, 0.3) is 5.91 Å². The second-order valence-corrected chi connectivity index (χ2v) is 6.22. The van der Waals surface area contributed by atoms with Crippen LogP contribution >= 0.6 is 0 Å². The first-order valence-corrected chi connectivity index (χ1v) is 8.55. The normalized spacial score (nSPS) is 15.5. The van der Waals surface area contributed by atoms with Crippen LogP contribution in [0.3, 0.4) is 0 Å². The predicted octanol–water partition coefficient (Wildman–Crippen LogP) is 1.56. The SMILES string of the molecule is COc1ccc(-c2cncc(OC)n2)c(C2Cc3nc(N)ncc3C(=O)N2)c1. The van der Waals surface area contributed by atoms with Crippen LogP contribution in [0.15, 0.2) is 36.8 Å². The zero-order chi connectivity index (χ0) is 19.7. The minimum atomic E-state index is -0.340. The lowest BCUT2D eigenvalue weighted by Gasteiger charge is -2.27. The summed E-state index contributed by atoms with van der Waals surface area (Å²) in [6.07, 6.45) is 5.09. The third-order valence-electron chi connectivity index (χ3n) is 4.57. The summed E-state index contributed by atoms with van der Waals surface area (Å²) in [6, 6.07) is 5.25. The Bertz CT molecular complexity index is 1060. The van der Waals surface area contributed by atoms with Gasteiger partial charge in [-0.2, -0.15) is 0 Å². The van der Waals surface area contributed by atoms with Crippen LogP contribution in [0.4, 0.5) is 5.95 Å². The average molecular weight is 378 g/mol. The minimum absolute atomic E-state index is 0.136. The molecule has 3 N–H and O–H groups in total. The second kappa shape index (κ2) is 7.10. The largest absolute Gasteiger partial charge is 0.497 e. The van der Waals surface area contributed by atoms with E-state index < -0.39 is 0 Å². The van der Waals surface area contributed by atoms with Crippen molar-refractivity contribution >= 4 is 11.9 Å². The highest BCUT2D eigenvalue weighted by atomic mass is 16.5. The van der Waals surface area contributed by atoms with E-state index >= 15 is 0 Å². The smallest absolute Gasteiger partial charge is 0.255 e. The maximum Gasteiger partial charge on any atom is 0.255 e. The van der Waals surface area contributed by atoms with Crippen LogP contribution in [0.25, 0.3) is 11.3 Å². The third kappa shape index (κ3) is 3.18. The van der Waals surface area contributed by atoms with Gasteiger partial charge < -0.3 is 20.5 Å². The molecule has 3 aromatic rings. The van der Waals surface area contributed by atoms with Gasteiger partial charge >= 0.3 is 0 Å². The fourth-order valence-corrected chi connectivity index (χ4v) is 3.21. The fraction of sp³-hybridized carbons (Fsp3) is 0.211. The topological polar surface area (TPSA) is 125 Å². The number of ether oxygens (including phenoxy) is 2. The maximum atomic E-state index is 12.6. The zero-order valence-electron chi connectivity index (χ0n) is 15.3. The van der Waals surface area contributed by atoms with E-state index in [9.17, 15) is 4.79 Å². The van der Waals surface area contributed by atoms with Crippen molar-refractivity contribution < 1.29 is 14.3 Å². The fourth-order valence-electron chi connectivity index (χ4n) is 3.21. The lowest BCUT2D eigenvalue weighted by atomic mass is 9.91. The molecule has 9 heteroatoms. The molecular weight excluding hydrogens is 360 g/mol. The first kappa shape index (κ1) is 17.7. The Morgan fingerprint density at radius 1 is 1.11 bits per heavy atom. The lowest BCUT2D eigenvalue weighted by molar-refractivity contribution is 0.0923. The number of rotatable bonds is 4. The Morgan fingerprint density at radius 2 is 1.96 bits per heavy atom. The number of hydrogen-bond acceptors (Lipinski definition) is 8. The molecule has 0 fully saturated rings. The number of benzene rings is 1. The molecular formula is C19H18N6O3. The van der Waals surface area contributed by atoms with E-state index in [1.54, 1.807) is 13.3 Å². The Labute approximate surface area is 161 Å². The molecule has 0 saturated heterocycles. The Kier molecular flexibility index (Phi) is 4.48. The van der Waals surface area contributed by atoms with Crippen LogP contribution in [0.1, 0.15) is 27.7 Å². The van der Waals surface area contributed by atoms with E-state index in [-0.39, 0.29) is 17.9 Å². The Hall–Kier alpha value is -3.75. The van der Waals surface area contributed by atoms with E-state index in [4.69, 9.17) is 15.2 Å². The number of carbonyl (C=O) groups is 1. The molecule has 28 heavy (non-hydrogen) atoms. The molecule has 1 atom stereocenters. The van der Waals surface area contributed by atoms with Gasteiger partial charge in [-0.1, -0.05) is 0 Å². The first-order valence-electron chi connectivity index (χ1n) is 8.55. The molecule has 1 aromatic carbocycles. The van der Waals surface area contributed by atoms with E-state index in [1.807, 2.05) is 18.2 Å². The summed E-state index contributed by atoms with van der Waals surface area (Å²) in [5.74, 6) is 0.947. The Morgan fingerprint density at radius 3 is 2.75 bits per heavy atom. The molecule has 142 valence electrons. The summed E-state index contributed by atoms with van der Waals surface area (Å²) in [4.78, 5) is 29.4. The van der Waals surface area contributed by atoms with Gasteiger partial charge in [0.15, 0.2) is 0 Å². The molecule has 1 aliphatic heterocycles. The van der Waals surface area contributed by atoms with Crippen molar-refractivity contribution in [1.82, 2.24) is 25.3 Å². The highest BCUT2D eigenvalue weighted by Crippen LogP contribution is 2.34. The highest BCUT2D eigenvalue weighted by molar-refractivity contribution is 5.96. The molecule has 0 radical (unpaired) electrons. The molecule has 4 rings (SSSR count). The van der Waals surface area contributed by atoms with Gasteiger partial charge in [0.2, 0.25) is 11.8 Å². The molecule has 0 spiro atoms. The minimum Gasteiger partial charge on any atom is -0.497 e. The van der Waals surface area contributed by atoms with Crippen LogP contribution < -0.4 is 20.5 Å². The number of carbonyl (C=O) groups excluding carboxylic acids is 1. The summed E-state index contributed by atoms with van der Waals surface area (Å²) < 4.78 is 10.6. The van der Waals surface area contributed by atoms with E-state index in [1.165, 1.54) is 19.5 Å². The van der Waals surface area contributed by atoms with Crippen molar-refractivity contribution in [2.24, 2.45) is 0 Å².